The summed E-state index contributed by atoms with van der Waals surface area (Å²) in [6.45, 7) is 14.8. The Bertz CT molecular complexity index is 365. The standard InChI is InChI=1S/C26H52N2/c1-21(2)23(4)26-20-25(26)14-11-12-22(3)24-13-7-5-8-16-27-17-9-6-10-18-28-19-15-24/h21-28H,5-20H2,1-4H3. The molecule has 28 heavy (non-hydrogen) atoms. The molecule has 1 aliphatic heterocycles. The maximum Gasteiger partial charge on any atom is -0.00462 e. The summed E-state index contributed by atoms with van der Waals surface area (Å²) in [6.07, 6.45) is 17.1. The van der Waals surface area contributed by atoms with E-state index < -0.39 is 0 Å². The lowest BCUT2D eigenvalue weighted by molar-refractivity contribution is 0.276. The van der Waals surface area contributed by atoms with Crippen molar-refractivity contribution in [3.05, 3.63) is 0 Å². The summed E-state index contributed by atoms with van der Waals surface area (Å²) in [7, 11) is 0. The van der Waals surface area contributed by atoms with E-state index in [-0.39, 0.29) is 0 Å². The van der Waals surface area contributed by atoms with Crippen LogP contribution in [0, 0.1) is 35.5 Å². The van der Waals surface area contributed by atoms with Crippen molar-refractivity contribution >= 4 is 0 Å². The molecule has 5 atom stereocenters. The van der Waals surface area contributed by atoms with Crippen LogP contribution in [0.15, 0.2) is 0 Å². The Balaban J connectivity index is 1.66. The number of rotatable bonds is 7. The fraction of sp³-hybridized carbons (Fsp3) is 1.00. The van der Waals surface area contributed by atoms with Crippen LogP contribution in [-0.2, 0) is 0 Å². The van der Waals surface area contributed by atoms with Gasteiger partial charge in [0.05, 0.1) is 0 Å². The molecule has 0 radical (unpaired) electrons. The van der Waals surface area contributed by atoms with Gasteiger partial charge in [0.2, 0.25) is 0 Å². The second-order valence-corrected chi connectivity index (χ2v) is 10.6. The van der Waals surface area contributed by atoms with Gasteiger partial charge in [0.25, 0.3) is 0 Å². The van der Waals surface area contributed by atoms with Gasteiger partial charge in [0.15, 0.2) is 0 Å². The molecule has 0 bridgehead atoms. The first-order chi connectivity index (χ1) is 13.6. The summed E-state index contributed by atoms with van der Waals surface area (Å²) in [5, 5.41) is 7.36. The zero-order valence-electron chi connectivity index (χ0n) is 19.8. The SMILES string of the molecule is CC(C)C(C)C1CC1CCCC(C)C1CCCCCNCCCCCNCC1. The molecule has 0 aromatic rings. The molecular weight excluding hydrogens is 340 g/mol. The zero-order chi connectivity index (χ0) is 20.2. The molecular formula is C26H52N2. The highest BCUT2D eigenvalue weighted by molar-refractivity contribution is 4.90. The van der Waals surface area contributed by atoms with Crippen molar-refractivity contribution in [3.8, 4) is 0 Å². The van der Waals surface area contributed by atoms with Crippen LogP contribution >= 0.6 is 0 Å². The molecule has 1 heterocycles. The van der Waals surface area contributed by atoms with Crippen LogP contribution in [0.3, 0.4) is 0 Å². The largest absolute Gasteiger partial charge is 0.317 e. The Morgan fingerprint density at radius 2 is 1.39 bits per heavy atom. The van der Waals surface area contributed by atoms with Gasteiger partial charge in [-0.15, -0.1) is 0 Å². The fourth-order valence-corrected chi connectivity index (χ4v) is 5.44. The van der Waals surface area contributed by atoms with E-state index in [0.717, 1.165) is 35.5 Å². The van der Waals surface area contributed by atoms with Crippen molar-refractivity contribution in [2.24, 2.45) is 35.5 Å². The van der Waals surface area contributed by atoms with Gasteiger partial charge in [0, 0.05) is 0 Å². The quantitative estimate of drug-likeness (QED) is 0.507. The van der Waals surface area contributed by atoms with Gasteiger partial charge in [0.1, 0.15) is 0 Å². The minimum atomic E-state index is 0.866. The molecule has 2 aliphatic rings. The molecule has 1 saturated heterocycles. The number of hydrogen-bond donors (Lipinski definition) is 2. The summed E-state index contributed by atoms with van der Waals surface area (Å²) in [4.78, 5) is 0. The van der Waals surface area contributed by atoms with Gasteiger partial charge in [-0.3, -0.25) is 0 Å². The topological polar surface area (TPSA) is 24.1 Å². The van der Waals surface area contributed by atoms with Crippen LogP contribution in [0.2, 0.25) is 0 Å². The van der Waals surface area contributed by atoms with Crippen molar-refractivity contribution < 1.29 is 0 Å². The molecule has 0 amide bonds. The fourth-order valence-electron chi connectivity index (χ4n) is 5.44. The van der Waals surface area contributed by atoms with E-state index >= 15 is 0 Å². The maximum atomic E-state index is 3.73. The Morgan fingerprint density at radius 3 is 2.07 bits per heavy atom. The molecule has 2 heteroatoms. The Labute approximate surface area is 177 Å². The maximum absolute atomic E-state index is 3.73. The molecule has 0 aromatic carbocycles. The summed E-state index contributed by atoms with van der Waals surface area (Å²) in [5.41, 5.74) is 0. The monoisotopic (exact) mass is 392 g/mol. The average molecular weight is 393 g/mol. The van der Waals surface area contributed by atoms with E-state index in [2.05, 4.69) is 38.3 Å². The first-order valence-electron chi connectivity index (χ1n) is 13.0. The van der Waals surface area contributed by atoms with E-state index in [4.69, 9.17) is 0 Å². The van der Waals surface area contributed by atoms with Crippen LogP contribution in [-0.4, -0.2) is 26.2 Å². The highest BCUT2D eigenvalue weighted by Crippen LogP contribution is 2.49. The second kappa shape index (κ2) is 14.0. The zero-order valence-corrected chi connectivity index (χ0v) is 19.8. The van der Waals surface area contributed by atoms with Crippen molar-refractivity contribution in [2.45, 2.75) is 105 Å². The summed E-state index contributed by atoms with van der Waals surface area (Å²) in [6, 6.07) is 0. The molecule has 0 aromatic heterocycles. The minimum Gasteiger partial charge on any atom is -0.317 e. The molecule has 2 fully saturated rings. The lowest BCUT2D eigenvalue weighted by Gasteiger charge is -2.25. The van der Waals surface area contributed by atoms with Gasteiger partial charge in [-0.25, -0.2) is 0 Å². The third-order valence-electron chi connectivity index (χ3n) is 8.07. The highest BCUT2D eigenvalue weighted by Gasteiger charge is 2.40. The van der Waals surface area contributed by atoms with Gasteiger partial charge in [-0.05, 0) is 93.8 Å². The van der Waals surface area contributed by atoms with E-state index in [1.165, 1.54) is 103 Å². The lowest BCUT2D eigenvalue weighted by Crippen LogP contribution is -2.22. The third kappa shape index (κ3) is 9.61. The van der Waals surface area contributed by atoms with E-state index in [0.29, 0.717) is 0 Å². The molecule has 2 rings (SSSR count). The predicted octanol–water partition coefficient (Wildman–Crippen LogP) is 6.65. The molecule has 166 valence electrons. The molecule has 0 spiro atoms. The summed E-state index contributed by atoms with van der Waals surface area (Å²) < 4.78 is 0. The van der Waals surface area contributed by atoms with Crippen LogP contribution in [0.4, 0.5) is 0 Å². The number of hydrogen-bond acceptors (Lipinski definition) is 2. The lowest BCUT2D eigenvalue weighted by atomic mass is 9.83. The van der Waals surface area contributed by atoms with Gasteiger partial charge in [-0.2, -0.15) is 0 Å². The van der Waals surface area contributed by atoms with Crippen LogP contribution in [0.25, 0.3) is 0 Å². The normalized spacial score (nSPS) is 31.0. The Kier molecular flexibility index (Phi) is 12.1. The van der Waals surface area contributed by atoms with E-state index in [1.54, 1.807) is 0 Å². The first kappa shape index (κ1) is 24.2. The minimum absolute atomic E-state index is 0.866. The van der Waals surface area contributed by atoms with E-state index in [1.807, 2.05) is 0 Å². The first-order valence-corrected chi connectivity index (χ1v) is 13.0. The van der Waals surface area contributed by atoms with Crippen molar-refractivity contribution in [1.82, 2.24) is 10.6 Å². The highest BCUT2D eigenvalue weighted by atomic mass is 14.9. The molecule has 1 aliphatic carbocycles. The summed E-state index contributed by atoms with van der Waals surface area (Å²) >= 11 is 0. The second-order valence-electron chi connectivity index (χ2n) is 10.6. The predicted molar refractivity (Wildman–Crippen MR) is 125 cm³/mol. The molecule has 2 N–H and O–H groups in total. The molecule has 5 unspecified atom stereocenters. The van der Waals surface area contributed by atoms with Gasteiger partial charge in [-0.1, -0.05) is 72.6 Å². The van der Waals surface area contributed by atoms with Crippen molar-refractivity contribution in [1.29, 1.82) is 0 Å². The van der Waals surface area contributed by atoms with Gasteiger partial charge < -0.3 is 10.6 Å². The van der Waals surface area contributed by atoms with Crippen molar-refractivity contribution in [2.75, 3.05) is 26.2 Å². The average Bonchev–Trinajstić information content (AvgIpc) is 3.44. The van der Waals surface area contributed by atoms with Crippen LogP contribution in [0.1, 0.15) is 105 Å². The van der Waals surface area contributed by atoms with Gasteiger partial charge >= 0.3 is 0 Å². The Morgan fingerprint density at radius 1 is 0.750 bits per heavy atom. The Hall–Kier alpha value is -0.0800. The van der Waals surface area contributed by atoms with Crippen molar-refractivity contribution in [3.63, 3.8) is 0 Å². The molecule has 2 nitrogen and oxygen atoms in total. The number of nitrogens with one attached hydrogen (secondary N) is 2. The third-order valence-corrected chi connectivity index (χ3v) is 8.07. The summed E-state index contributed by atoms with van der Waals surface area (Å²) in [5.74, 6) is 5.76. The molecule has 1 saturated carbocycles. The van der Waals surface area contributed by atoms with Crippen LogP contribution in [0.5, 0.6) is 0 Å². The smallest absolute Gasteiger partial charge is 0.00462 e. The van der Waals surface area contributed by atoms with E-state index in [9.17, 15) is 0 Å². The van der Waals surface area contributed by atoms with Crippen LogP contribution < -0.4 is 10.6 Å².